The molecular formula is C51H82O18. The zero-order valence-electron chi connectivity index (χ0n) is 41.8. The van der Waals surface area contributed by atoms with E-state index >= 15 is 0 Å². The van der Waals surface area contributed by atoms with E-state index in [0.717, 1.165) is 51.4 Å². The molecule has 0 spiro atoms. The number of carbonyl (C=O) groups excluding carboxylic acids is 2. The van der Waals surface area contributed by atoms with E-state index in [2.05, 4.69) is 54.5 Å². The van der Waals surface area contributed by atoms with Crippen LogP contribution in [0.1, 0.15) is 132 Å². The largest absolute Gasteiger partial charge is 0.464 e. The van der Waals surface area contributed by atoms with E-state index < -0.39 is 121 Å². The maximum Gasteiger partial charge on any atom is 0.338 e. The number of aliphatic hydroxyl groups excluding tert-OH is 9. The quantitative estimate of drug-likeness (QED) is 0.0621. The first-order chi connectivity index (χ1) is 32.3. The molecule has 8 rings (SSSR count). The third kappa shape index (κ3) is 8.86. The predicted molar refractivity (Wildman–Crippen MR) is 243 cm³/mol. The molecular weight excluding hydrogens is 901 g/mol. The molecule has 18 nitrogen and oxygen atoms in total. The Kier molecular flexibility index (Phi) is 15.0. The Balaban J connectivity index is 1.05. The number of esters is 2. The number of allylic oxidation sites excluding steroid dienone is 2. The molecule has 22 unspecified atom stereocenters. The highest BCUT2D eigenvalue weighted by Crippen LogP contribution is 2.76. The first kappa shape index (κ1) is 53.4. The Morgan fingerprint density at radius 3 is 2.12 bits per heavy atom. The Labute approximate surface area is 406 Å². The van der Waals surface area contributed by atoms with Gasteiger partial charge in [-0.1, -0.05) is 73.5 Å². The second kappa shape index (κ2) is 19.4. The van der Waals surface area contributed by atoms with E-state index in [1.54, 1.807) is 0 Å². The molecule has 3 heterocycles. The molecule has 3 saturated heterocycles. The number of unbranched alkanes of at least 4 members (excludes halogenated alkanes) is 1. The van der Waals surface area contributed by atoms with Gasteiger partial charge in [-0.3, -0.25) is 4.79 Å². The zero-order chi connectivity index (χ0) is 50.4. The van der Waals surface area contributed by atoms with Gasteiger partial charge in [0.25, 0.3) is 0 Å². The van der Waals surface area contributed by atoms with Crippen molar-refractivity contribution >= 4 is 11.9 Å². The summed E-state index contributed by atoms with van der Waals surface area (Å²) in [6, 6.07) is 0. The maximum absolute atomic E-state index is 14.7. The Bertz CT molecular complexity index is 1890. The van der Waals surface area contributed by atoms with Crippen molar-refractivity contribution in [3.63, 3.8) is 0 Å². The highest BCUT2D eigenvalue weighted by atomic mass is 16.8. The van der Waals surface area contributed by atoms with Crippen molar-refractivity contribution < 1.29 is 88.7 Å². The van der Waals surface area contributed by atoms with Crippen LogP contribution in [0, 0.1) is 50.2 Å². The fourth-order valence-corrected chi connectivity index (χ4v) is 15.1. The Morgan fingerprint density at radius 1 is 0.725 bits per heavy atom. The number of hydrogen-bond acceptors (Lipinski definition) is 18. The minimum absolute atomic E-state index is 0.0664. The minimum Gasteiger partial charge on any atom is -0.464 e. The van der Waals surface area contributed by atoms with Gasteiger partial charge in [-0.15, -0.1) is 0 Å². The van der Waals surface area contributed by atoms with Gasteiger partial charge in [0.15, 0.2) is 18.7 Å². The smallest absolute Gasteiger partial charge is 0.338 e. The summed E-state index contributed by atoms with van der Waals surface area (Å²) in [6.07, 6.45) is -11.4. The van der Waals surface area contributed by atoms with Crippen molar-refractivity contribution in [1.29, 1.82) is 0 Å². The number of carbonyl (C=O) groups is 2. The van der Waals surface area contributed by atoms with Gasteiger partial charge >= 0.3 is 11.9 Å². The molecule has 5 aliphatic carbocycles. The van der Waals surface area contributed by atoms with Gasteiger partial charge in [-0.05, 0) is 115 Å². The van der Waals surface area contributed by atoms with Gasteiger partial charge in [0.1, 0.15) is 61.0 Å². The van der Waals surface area contributed by atoms with Crippen molar-refractivity contribution in [2.24, 2.45) is 50.2 Å². The molecule has 7 fully saturated rings. The van der Waals surface area contributed by atoms with Crippen LogP contribution in [-0.2, 0) is 42.7 Å². The average Bonchev–Trinajstić information content (AvgIpc) is 3.29. The highest BCUT2D eigenvalue weighted by molar-refractivity contribution is 5.79. The van der Waals surface area contributed by atoms with Gasteiger partial charge in [0.05, 0.1) is 31.3 Å². The van der Waals surface area contributed by atoms with Crippen molar-refractivity contribution in [2.45, 2.75) is 225 Å². The van der Waals surface area contributed by atoms with E-state index in [4.69, 9.17) is 33.2 Å². The summed E-state index contributed by atoms with van der Waals surface area (Å²) in [7, 11) is 0. The molecule has 9 N–H and O–H groups in total. The lowest BCUT2D eigenvalue weighted by atomic mass is 9.33. The van der Waals surface area contributed by atoms with Gasteiger partial charge in [0, 0.05) is 0 Å². The lowest BCUT2D eigenvalue weighted by Crippen LogP contribution is -2.67. The summed E-state index contributed by atoms with van der Waals surface area (Å²) in [5.74, 6) is -1.12. The third-order valence-electron chi connectivity index (χ3n) is 19.6. The maximum atomic E-state index is 14.7. The summed E-state index contributed by atoms with van der Waals surface area (Å²) in [6.45, 7) is 17.1. The molecule has 0 aromatic rings. The number of hydrogen-bond donors (Lipinski definition) is 9. The first-order valence-corrected chi connectivity index (χ1v) is 25.7. The number of ether oxygens (including phenoxy) is 7. The van der Waals surface area contributed by atoms with Crippen molar-refractivity contribution in [2.75, 3.05) is 19.8 Å². The fraction of sp³-hybridized carbons (Fsp3) is 0.922. The summed E-state index contributed by atoms with van der Waals surface area (Å²) in [5, 5.41) is 95.9. The summed E-state index contributed by atoms with van der Waals surface area (Å²) in [5.41, 5.74) is -0.815. The van der Waals surface area contributed by atoms with Crippen LogP contribution in [0.4, 0.5) is 0 Å². The molecule has 18 heteroatoms. The van der Waals surface area contributed by atoms with Crippen LogP contribution in [0.5, 0.6) is 0 Å². The van der Waals surface area contributed by atoms with Gasteiger partial charge in [-0.2, -0.15) is 0 Å². The lowest BCUT2D eigenvalue weighted by molar-refractivity contribution is -0.366. The predicted octanol–water partition coefficient (Wildman–Crippen LogP) is 2.13. The van der Waals surface area contributed by atoms with E-state index in [1.165, 1.54) is 5.57 Å². The monoisotopic (exact) mass is 983 g/mol. The normalized spacial score (nSPS) is 50.3. The highest BCUT2D eigenvalue weighted by Gasteiger charge is 2.70. The zero-order valence-corrected chi connectivity index (χ0v) is 41.8. The molecule has 4 saturated carbocycles. The van der Waals surface area contributed by atoms with Crippen LogP contribution in [-0.4, -0.2) is 170 Å². The number of rotatable bonds is 11. The van der Waals surface area contributed by atoms with Crippen molar-refractivity contribution in [3.05, 3.63) is 11.6 Å². The topological polar surface area (TPSA) is 281 Å². The Morgan fingerprint density at radius 2 is 1.42 bits per heavy atom. The minimum atomic E-state index is -1.79. The van der Waals surface area contributed by atoms with Crippen LogP contribution in [0.2, 0.25) is 0 Å². The van der Waals surface area contributed by atoms with Crippen LogP contribution in [0.3, 0.4) is 0 Å². The standard InChI is InChI=1S/C51H82O18/c1-9-10-21-63-41(61)39-35(57)36(58)40(68-42-37(59)32(54)27(53)24-64-42)44(67-39)66-31-14-15-48(6)29(47(31,4)5)13-16-50(8)30(48)12-11-25-26-22-46(2,3)17-19-51(26,20-18-49(25,50)7)45(62)69-43-38(60)34(56)33(55)28(23-52)65-43/h11,26-40,42-44,52-60H,9-10,12-24H2,1-8H3. The van der Waals surface area contributed by atoms with E-state index in [0.29, 0.717) is 25.7 Å². The molecule has 0 amide bonds. The molecule has 8 aliphatic rings. The first-order valence-electron chi connectivity index (χ1n) is 25.7. The molecule has 69 heavy (non-hydrogen) atoms. The van der Waals surface area contributed by atoms with Crippen LogP contribution in [0.25, 0.3) is 0 Å². The lowest BCUT2D eigenvalue weighted by Gasteiger charge is -2.71. The number of fused-ring (bicyclic) bond motifs is 7. The molecule has 0 radical (unpaired) electrons. The van der Waals surface area contributed by atoms with Crippen molar-refractivity contribution in [1.82, 2.24) is 0 Å². The SMILES string of the molecule is CCCCOC(=O)C1OC(OC2CCC3(C)C(CCC4(C)C3CC=C3C5CC(C)(C)CCC5(C(=O)OC5OC(CO)C(O)C(O)C5O)CCC34C)C2(C)C)C(OC2OCC(O)C(O)C2O)C(O)C1O. The third-order valence-corrected chi connectivity index (χ3v) is 19.6. The van der Waals surface area contributed by atoms with E-state index in [9.17, 15) is 55.5 Å². The molecule has 394 valence electrons. The molecule has 22 atom stereocenters. The van der Waals surface area contributed by atoms with Gasteiger partial charge in [0.2, 0.25) is 6.29 Å². The molecule has 0 aromatic heterocycles. The second-order valence-electron chi connectivity index (χ2n) is 24.2. The average molecular weight is 983 g/mol. The summed E-state index contributed by atoms with van der Waals surface area (Å²) < 4.78 is 41.8. The second-order valence-corrected chi connectivity index (χ2v) is 24.2. The summed E-state index contributed by atoms with van der Waals surface area (Å²) >= 11 is 0. The van der Waals surface area contributed by atoms with Crippen LogP contribution >= 0.6 is 0 Å². The fourth-order valence-electron chi connectivity index (χ4n) is 15.1. The number of aliphatic hydroxyl groups is 9. The molecule has 3 aliphatic heterocycles. The van der Waals surface area contributed by atoms with Crippen molar-refractivity contribution in [3.8, 4) is 0 Å². The Hall–Kier alpha value is -1.88. The summed E-state index contributed by atoms with van der Waals surface area (Å²) in [4.78, 5) is 28.1. The van der Waals surface area contributed by atoms with Crippen LogP contribution < -0.4 is 0 Å². The van der Waals surface area contributed by atoms with Gasteiger partial charge in [-0.25, -0.2) is 4.79 Å². The van der Waals surface area contributed by atoms with E-state index in [-0.39, 0.29) is 52.6 Å². The molecule has 0 bridgehead atoms. The van der Waals surface area contributed by atoms with E-state index in [1.807, 2.05) is 6.92 Å². The molecule has 0 aromatic carbocycles. The van der Waals surface area contributed by atoms with Gasteiger partial charge < -0.3 is 79.1 Å². The van der Waals surface area contributed by atoms with Crippen LogP contribution in [0.15, 0.2) is 11.6 Å².